The topological polar surface area (TPSA) is 85.8 Å². The summed E-state index contributed by atoms with van der Waals surface area (Å²) >= 11 is 6.24. The molecule has 0 saturated carbocycles. The summed E-state index contributed by atoms with van der Waals surface area (Å²) in [4.78, 5) is 16.2. The number of carbonyl (C=O) groups is 1. The summed E-state index contributed by atoms with van der Waals surface area (Å²) in [7, 11) is 0. The van der Waals surface area contributed by atoms with E-state index in [2.05, 4.69) is 20.6 Å². The van der Waals surface area contributed by atoms with Crippen molar-refractivity contribution in [1.82, 2.24) is 19.9 Å². The monoisotopic (exact) mass is 345 g/mol. The summed E-state index contributed by atoms with van der Waals surface area (Å²) in [6.07, 6.45) is 3.81. The largest absolute Gasteiger partial charge is 0.361 e. The number of amides is 1. The van der Waals surface area contributed by atoms with Crippen molar-refractivity contribution in [2.45, 2.75) is 26.7 Å². The Morgan fingerprint density at radius 1 is 1.38 bits per heavy atom. The highest BCUT2D eigenvalue weighted by atomic mass is 35.5. The molecule has 0 radical (unpaired) electrons. The quantitative estimate of drug-likeness (QED) is 0.767. The van der Waals surface area contributed by atoms with Gasteiger partial charge in [-0.3, -0.25) is 4.79 Å². The van der Waals surface area contributed by atoms with Crippen LogP contribution in [0.4, 0.5) is 5.69 Å². The number of aryl methyl sites for hydroxylation is 2. The number of nitrogens with zero attached hydrogens (tertiary/aromatic N) is 4. The van der Waals surface area contributed by atoms with Gasteiger partial charge in [0.2, 0.25) is 5.91 Å². The first kappa shape index (κ1) is 16.2. The van der Waals surface area contributed by atoms with E-state index in [1.54, 1.807) is 18.2 Å². The number of hydrogen-bond acceptors (Lipinski definition) is 5. The fraction of sp³-hybridized carbons (Fsp3) is 0.250. The van der Waals surface area contributed by atoms with Gasteiger partial charge in [0.05, 0.1) is 16.4 Å². The lowest BCUT2D eigenvalue weighted by atomic mass is 10.1. The zero-order chi connectivity index (χ0) is 17.1. The second-order valence-corrected chi connectivity index (χ2v) is 5.73. The zero-order valence-corrected chi connectivity index (χ0v) is 14.0. The normalized spacial score (nSPS) is 10.8. The van der Waals surface area contributed by atoms with Crippen LogP contribution in [0, 0.1) is 13.8 Å². The number of hydrogen-bond donors (Lipinski definition) is 1. The van der Waals surface area contributed by atoms with Crippen molar-refractivity contribution in [2.75, 3.05) is 5.32 Å². The van der Waals surface area contributed by atoms with Gasteiger partial charge < -0.3 is 9.84 Å². The molecule has 2 aromatic heterocycles. The lowest BCUT2D eigenvalue weighted by molar-refractivity contribution is -0.116. The maximum atomic E-state index is 12.3. The Hall–Kier alpha value is -2.67. The van der Waals surface area contributed by atoms with E-state index in [-0.39, 0.29) is 5.91 Å². The third-order valence-corrected chi connectivity index (χ3v) is 4.00. The predicted molar refractivity (Wildman–Crippen MR) is 89.3 cm³/mol. The van der Waals surface area contributed by atoms with Crippen LogP contribution in [0.25, 0.3) is 5.69 Å². The van der Waals surface area contributed by atoms with Crippen molar-refractivity contribution in [3.05, 3.63) is 52.9 Å². The zero-order valence-electron chi connectivity index (χ0n) is 13.3. The minimum absolute atomic E-state index is 0.126. The van der Waals surface area contributed by atoms with Gasteiger partial charge in [0.1, 0.15) is 24.1 Å². The van der Waals surface area contributed by atoms with Gasteiger partial charge in [0.15, 0.2) is 0 Å². The van der Waals surface area contributed by atoms with Crippen LogP contribution in [0.5, 0.6) is 0 Å². The minimum atomic E-state index is -0.126. The predicted octanol–water partition coefficient (Wildman–Crippen LogP) is 3.10. The highest BCUT2D eigenvalue weighted by Gasteiger charge is 2.14. The Morgan fingerprint density at radius 2 is 2.21 bits per heavy atom. The van der Waals surface area contributed by atoms with Crippen molar-refractivity contribution in [1.29, 1.82) is 0 Å². The molecule has 3 rings (SSSR count). The lowest BCUT2D eigenvalue weighted by Crippen LogP contribution is -2.15. The first-order chi connectivity index (χ1) is 11.6. The van der Waals surface area contributed by atoms with Crippen LogP contribution in [0.3, 0.4) is 0 Å². The molecule has 0 aliphatic carbocycles. The van der Waals surface area contributed by atoms with E-state index >= 15 is 0 Å². The molecule has 7 nitrogen and oxygen atoms in total. The number of nitrogens with one attached hydrogen (secondary N) is 1. The van der Waals surface area contributed by atoms with Crippen LogP contribution in [0.2, 0.25) is 5.02 Å². The highest BCUT2D eigenvalue weighted by molar-refractivity contribution is 6.33. The van der Waals surface area contributed by atoms with Gasteiger partial charge in [0.25, 0.3) is 0 Å². The van der Waals surface area contributed by atoms with E-state index in [1.807, 2.05) is 13.8 Å². The molecule has 0 bridgehead atoms. The molecule has 124 valence electrons. The summed E-state index contributed by atoms with van der Waals surface area (Å²) in [6, 6.07) is 5.28. The van der Waals surface area contributed by atoms with Crippen LogP contribution in [0.1, 0.15) is 23.4 Å². The molecule has 0 fully saturated rings. The summed E-state index contributed by atoms with van der Waals surface area (Å²) in [5.74, 6) is 0.616. The van der Waals surface area contributed by atoms with Crippen molar-refractivity contribution in [3.8, 4) is 5.69 Å². The molecule has 1 amide bonds. The molecule has 3 aromatic rings. The Balaban J connectivity index is 1.74. The van der Waals surface area contributed by atoms with Gasteiger partial charge in [-0.25, -0.2) is 9.67 Å². The van der Waals surface area contributed by atoms with Crippen molar-refractivity contribution < 1.29 is 9.32 Å². The molecule has 0 aliphatic heterocycles. The smallest absolute Gasteiger partial charge is 0.224 e. The highest BCUT2D eigenvalue weighted by Crippen LogP contribution is 2.28. The van der Waals surface area contributed by atoms with Crippen molar-refractivity contribution in [2.24, 2.45) is 0 Å². The SMILES string of the molecule is Cc1noc(C)c1CCC(=O)Nc1cccc(Cl)c1-n1cncn1. The summed E-state index contributed by atoms with van der Waals surface area (Å²) in [5.41, 5.74) is 2.94. The average Bonchev–Trinajstić information content (AvgIpc) is 3.17. The number of rotatable bonds is 5. The molecule has 0 unspecified atom stereocenters. The van der Waals surface area contributed by atoms with Crippen LogP contribution < -0.4 is 5.32 Å². The Bertz CT molecular complexity index is 838. The van der Waals surface area contributed by atoms with Crippen molar-refractivity contribution in [3.63, 3.8) is 0 Å². The molecule has 24 heavy (non-hydrogen) atoms. The molecular formula is C16H16ClN5O2. The molecule has 0 atom stereocenters. The third-order valence-electron chi connectivity index (χ3n) is 3.69. The van der Waals surface area contributed by atoms with E-state index < -0.39 is 0 Å². The molecule has 1 N–H and O–H groups in total. The second-order valence-electron chi connectivity index (χ2n) is 5.33. The van der Waals surface area contributed by atoms with Gasteiger partial charge in [-0.1, -0.05) is 22.8 Å². The number of anilines is 1. The first-order valence-corrected chi connectivity index (χ1v) is 7.79. The van der Waals surface area contributed by atoms with Crippen LogP contribution in [0.15, 0.2) is 35.4 Å². The maximum absolute atomic E-state index is 12.3. The van der Waals surface area contributed by atoms with E-state index in [4.69, 9.17) is 16.1 Å². The van der Waals surface area contributed by atoms with Gasteiger partial charge in [-0.05, 0) is 32.4 Å². The van der Waals surface area contributed by atoms with Crippen LogP contribution >= 0.6 is 11.6 Å². The molecule has 2 heterocycles. The molecule has 0 spiro atoms. The Morgan fingerprint density at radius 3 is 2.88 bits per heavy atom. The molecule has 8 heteroatoms. The minimum Gasteiger partial charge on any atom is -0.361 e. The van der Waals surface area contributed by atoms with Gasteiger partial charge in [-0.15, -0.1) is 0 Å². The summed E-state index contributed by atoms with van der Waals surface area (Å²) in [6.45, 7) is 3.70. The molecule has 0 aliphatic rings. The first-order valence-electron chi connectivity index (χ1n) is 7.41. The van der Waals surface area contributed by atoms with E-state index in [1.165, 1.54) is 17.3 Å². The number of para-hydroxylation sites is 1. The average molecular weight is 346 g/mol. The van der Waals surface area contributed by atoms with E-state index in [9.17, 15) is 4.79 Å². The molecule has 1 aromatic carbocycles. The Kier molecular flexibility index (Phi) is 4.61. The van der Waals surface area contributed by atoms with E-state index in [0.717, 1.165) is 17.0 Å². The standard InChI is InChI=1S/C16H16ClN5O2/c1-10-12(11(2)24-21-10)6-7-15(23)20-14-5-3-4-13(17)16(14)22-9-18-8-19-22/h3-5,8-9H,6-7H2,1-2H3,(H,20,23). The second kappa shape index (κ2) is 6.84. The number of benzene rings is 1. The molecule has 0 saturated heterocycles. The maximum Gasteiger partial charge on any atom is 0.224 e. The fourth-order valence-electron chi connectivity index (χ4n) is 2.48. The fourth-order valence-corrected chi connectivity index (χ4v) is 2.74. The van der Waals surface area contributed by atoms with Crippen LogP contribution in [-0.2, 0) is 11.2 Å². The van der Waals surface area contributed by atoms with Gasteiger partial charge in [-0.2, -0.15) is 5.10 Å². The molecular weight excluding hydrogens is 330 g/mol. The van der Waals surface area contributed by atoms with Gasteiger partial charge >= 0.3 is 0 Å². The van der Waals surface area contributed by atoms with E-state index in [0.29, 0.717) is 29.2 Å². The number of aromatic nitrogens is 4. The van der Waals surface area contributed by atoms with Crippen LogP contribution in [-0.4, -0.2) is 25.8 Å². The third kappa shape index (κ3) is 3.30. The van der Waals surface area contributed by atoms with Gasteiger partial charge in [0, 0.05) is 12.0 Å². The van der Waals surface area contributed by atoms with Crippen molar-refractivity contribution >= 4 is 23.2 Å². The lowest BCUT2D eigenvalue weighted by Gasteiger charge is -2.12. The summed E-state index contributed by atoms with van der Waals surface area (Å²) in [5, 5.41) is 11.3. The number of carbonyl (C=O) groups excluding carboxylic acids is 1. The summed E-state index contributed by atoms with van der Waals surface area (Å²) < 4.78 is 6.63. The number of halogens is 1. The Labute approximate surface area is 143 Å².